The highest BCUT2D eigenvalue weighted by molar-refractivity contribution is 7.98. The second-order valence-electron chi connectivity index (χ2n) is 4.87. The average molecular weight is 381 g/mol. The van der Waals surface area contributed by atoms with Crippen molar-refractivity contribution < 1.29 is 4.74 Å². The first kappa shape index (κ1) is 17.0. The van der Waals surface area contributed by atoms with Gasteiger partial charge in [-0.05, 0) is 29.8 Å². The number of hydrogen-bond acceptors (Lipinski definition) is 5. The third-order valence-corrected chi connectivity index (χ3v) is 5.10. The van der Waals surface area contributed by atoms with Crippen LogP contribution in [0.5, 0.6) is 5.75 Å². The fourth-order valence-electron chi connectivity index (χ4n) is 2.20. The molecule has 0 amide bonds. The molecule has 0 unspecified atom stereocenters. The number of nitrogen functional groups attached to an aromatic ring is 1. The first-order valence-electron chi connectivity index (χ1n) is 7.01. The van der Waals surface area contributed by atoms with Gasteiger partial charge in [0.25, 0.3) is 0 Å². The highest BCUT2D eigenvalue weighted by atomic mass is 35.5. The van der Waals surface area contributed by atoms with Crippen molar-refractivity contribution in [2.24, 2.45) is 0 Å². The fraction of sp³-hybridized carbons (Fsp3) is 0.125. The van der Waals surface area contributed by atoms with Gasteiger partial charge in [0.05, 0.1) is 12.7 Å². The predicted octanol–water partition coefficient (Wildman–Crippen LogP) is 4.27. The molecule has 2 aromatic carbocycles. The molecule has 24 heavy (non-hydrogen) atoms. The van der Waals surface area contributed by atoms with Crippen LogP contribution in [-0.2, 0) is 5.75 Å². The van der Waals surface area contributed by atoms with Crippen LogP contribution in [0.25, 0.3) is 11.4 Å². The molecule has 0 aliphatic carbocycles. The Morgan fingerprint density at radius 3 is 2.50 bits per heavy atom. The minimum atomic E-state index is 0.528. The van der Waals surface area contributed by atoms with Gasteiger partial charge in [0.15, 0.2) is 5.82 Å². The molecule has 3 aromatic rings. The molecule has 0 radical (unpaired) electrons. The van der Waals surface area contributed by atoms with Crippen molar-refractivity contribution in [3.8, 4) is 17.1 Å². The van der Waals surface area contributed by atoms with Gasteiger partial charge in [-0.3, -0.25) is 0 Å². The SMILES string of the molecule is COc1ccccc1-c1nnc(SCc2c(Cl)cccc2Cl)n1N. The number of rotatable bonds is 5. The summed E-state index contributed by atoms with van der Waals surface area (Å²) >= 11 is 13.8. The molecular formula is C16H14Cl2N4OS. The van der Waals surface area contributed by atoms with E-state index in [4.69, 9.17) is 33.8 Å². The zero-order chi connectivity index (χ0) is 17.1. The van der Waals surface area contributed by atoms with E-state index >= 15 is 0 Å². The number of nitrogens with two attached hydrogens (primary N) is 1. The lowest BCUT2D eigenvalue weighted by atomic mass is 10.2. The molecule has 2 N–H and O–H groups in total. The zero-order valence-electron chi connectivity index (χ0n) is 12.7. The smallest absolute Gasteiger partial charge is 0.210 e. The van der Waals surface area contributed by atoms with Crippen LogP contribution < -0.4 is 10.6 Å². The lowest BCUT2D eigenvalue weighted by Gasteiger charge is -2.08. The maximum Gasteiger partial charge on any atom is 0.210 e. The summed E-state index contributed by atoms with van der Waals surface area (Å²) in [6.07, 6.45) is 0. The summed E-state index contributed by atoms with van der Waals surface area (Å²) < 4.78 is 6.78. The molecule has 5 nitrogen and oxygen atoms in total. The number of hydrogen-bond donors (Lipinski definition) is 1. The van der Waals surface area contributed by atoms with Crippen LogP contribution in [0.15, 0.2) is 47.6 Å². The van der Waals surface area contributed by atoms with Crippen molar-refractivity contribution in [3.63, 3.8) is 0 Å². The third-order valence-electron chi connectivity index (χ3n) is 3.42. The van der Waals surface area contributed by atoms with Crippen LogP contribution in [0.1, 0.15) is 5.56 Å². The summed E-state index contributed by atoms with van der Waals surface area (Å²) in [5.41, 5.74) is 1.62. The molecule has 1 aromatic heterocycles. The van der Waals surface area contributed by atoms with Gasteiger partial charge in [0.2, 0.25) is 5.16 Å². The van der Waals surface area contributed by atoms with Crippen LogP contribution in [0.2, 0.25) is 10.0 Å². The first-order chi connectivity index (χ1) is 11.6. The Morgan fingerprint density at radius 2 is 1.79 bits per heavy atom. The summed E-state index contributed by atoms with van der Waals surface area (Å²) in [6, 6.07) is 12.9. The molecule has 8 heteroatoms. The Morgan fingerprint density at radius 1 is 1.08 bits per heavy atom. The second-order valence-corrected chi connectivity index (χ2v) is 6.62. The topological polar surface area (TPSA) is 66.0 Å². The van der Waals surface area contributed by atoms with Crippen LogP contribution in [0.3, 0.4) is 0 Å². The van der Waals surface area contributed by atoms with Crippen LogP contribution in [0.4, 0.5) is 0 Å². The van der Waals surface area contributed by atoms with E-state index in [-0.39, 0.29) is 0 Å². The number of aromatic nitrogens is 3. The Hall–Kier alpha value is -1.89. The molecule has 0 saturated heterocycles. The maximum atomic E-state index is 6.19. The normalized spacial score (nSPS) is 10.8. The van der Waals surface area contributed by atoms with Crippen molar-refractivity contribution in [2.45, 2.75) is 10.9 Å². The Balaban J connectivity index is 1.86. The van der Waals surface area contributed by atoms with Gasteiger partial charge in [-0.1, -0.05) is 53.2 Å². The number of methoxy groups -OCH3 is 1. The summed E-state index contributed by atoms with van der Waals surface area (Å²) in [7, 11) is 1.60. The van der Waals surface area contributed by atoms with Crippen molar-refractivity contribution in [2.75, 3.05) is 13.0 Å². The fourth-order valence-corrected chi connectivity index (χ4v) is 3.79. The Kier molecular flexibility index (Phi) is 5.18. The van der Waals surface area contributed by atoms with E-state index in [2.05, 4.69) is 10.2 Å². The number of para-hydroxylation sites is 1. The van der Waals surface area contributed by atoms with Gasteiger partial charge in [0.1, 0.15) is 5.75 Å². The molecule has 0 spiro atoms. The molecular weight excluding hydrogens is 367 g/mol. The molecule has 0 aliphatic heterocycles. The lowest BCUT2D eigenvalue weighted by molar-refractivity contribution is 0.416. The minimum Gasteiger partial charge on any atom is -0.496 e. The van der Waals surface area contributed by atoms with Crippen molar-refractivity contribution in [1.82, 2.24) is 14.9 Å². The third kappa shape index (κ3) is 3.31. The zero-order valence-corrected chi connectivity index (χ0v) is 15.1. The van der Waals surface area contributed by atoms with E-state index in [1.807, 2.05) is 30.3 Å². The monoisotopic (exact) mass is 380 g/mol. The molecule has 124 valence electrons. The second kappa shape index (κ2) is 7.34. The molecule has 1 heterocycles. The highest BCUT2D eigenvalue weighted by Crippen LogP contribution is 2.33. The first-order valence-corrected chi connectivity index (χ1v) is 8.75. The van der Waals surface area contributed by atoms with E-state index in [0.717, 1.165) is 11.1 Å². The highest BCUT2D eigenvalue weighted by Gasteiger charge is 2.16. The molecule has 0 saturated carbocycles. The maximum absolute atomic E-state index is 6.19. The number of nitrogens with zero attached hydrogens (tertiary/aromatic N) is 3. The van der Waals surface area contributed by atoms with Gasteiger partial charge in [-0.2, -0.15) is 0 Å². The van der Waals surface area contributed by atoms with Crippen LogP contribution in [-0.4, -0.2) is 22.0 Å². The quantitative estimate of drug-likeness (QED) is 0.528. The molecule has 3 rings (SSSR count). The van der Waals surface area contributed by atoms with E-state index in [9.17, 15) is 0 Å². The molecule has 0 bridgehead atoms. The van der Waals surface area contributed by atoms with Gasteiger partial charge in [-0.15, -0.1) is 10.2 Å². The van der Waals surface area contributed by atoms with E-state index in [1.54, 1.807) is 19.2 Å². The van der Waals surface area contributed by atoms with Gasteiger partial charge >= 0.3 is 0 Å². The van der Waals surface area contributed by atoms with Crippen LogP contribution >= 0.6 is 35.0 Å². The summed E-state index contributed by atoms with van der Waals surface area (Å²) in [4.78, 5) is 0. The van der Waals surface area contributed by atoms with Gasteiger partial charge in [0, 0.05) is 15.8 Å². The Bertz CT molecular complexity index is 849. The average Bonchev–Trinajstić information content (AvgIpc) is 2.95. The number of benzene rings is 2. The van der Waals surface area contributed by atoms with E-state index in [1.165, 1.54) is 16.4 Å². The number of halogens is 2. The van der Waals surface area contributed by atoms with Crippen molar-refractivity contribution in [1.29, 1.82) is 0 Å². The molecule has 0 aliphatic rings. The minimum absolute atomic E-state index is 0.528. The summed E-state index contributed by atoms with van der Waals surface area (Å²) in [6.45, 7) is 0. The number of thioether (sulfide) groups is 1. The lowest BCUT2D eigenvalue weighted by Crippen LogP contribution is -2.12. The standard InChI is InChI=1S/C16H14Cl2N4OS/c1-23-14-8-3-2-5-10(14)15-20-21-16(22(15)19)24-9-11-12(17)6-4-7-13(11)18/h2-8H,9,19H2,1H3. The van der Waals surface area contributed by atoms with Crippen molar-refractivity contribution >= 4 is 35.0 Å². The molecule has 0 atom stereocenters. The molecule has 0 fully saturated rings. The largest absolute Gasteiger partial charge is 0.496 e. The van der Waals surface area contributed by atoms with Gasteiger partial charge < -0.3 is 10.6 Å². The predicted molar refractivity (Wildman–Crippen MR) is 98.2 cm³/mol. The van der Waals surface area contributed by atoms with E-state index in [0.29, 0.717) is 32.5 Å². The van der Waals surface area contributed by atoms with Crippen LogP contribution in [0, 0.1) is 0 Å². The van der Waals surface area contributed by atoms with Crippen molar-refractivity contribution in [3.05, 3.63) is 58.1 Å². The van der Waals surface area contributed by atoms with E-state index < -0.39 is 0 Å². The number of ether oxygens (including phenoxy) is 1. The van der Waals surface area contributed by atoms with Gasteiger partial charge in [-0.25, -0.2) is 4.68 Å². The summed E-state index contributed by atoms with van der Waals surface area (Å²) in [5, 5.41) is 10.1. The summed E-state index contributed by atoms with van der Waals surface area (Å²) in [5.74, 6) is 7.90. The Labute approximate surface area is 153 Å².